The van der Waals surface area contributed by atoms with Crippen molar-refractivity contribution in [2.24, 2.45) is 5.73 Å². The summed E-state index contributed by atoms with van der Waals surface area (Å²) in [5, 5.41) is 8.93. The molecule has 0 fully saturated rings. The zero-order chi connectivity index (χ0) is 29.8. The first-order valence-electron chi connectivity index (χ1n) is 15.3. The van der Waals surface area contributed by atoms with Crippen molar-refractivity contribution < 1.29 is 0 Å². The Bertz CT molecular complexity index is 2210. The van der Waals surface area contributed by atoms with E-state index in [-0.39, 0.29) is 17.6 Å². The third-order valence-corrected chi connectivity index (χ3v) is 10.5. The lowest BCUT2D eigenvalue weighted by molar-refractivity contribution is 0.509. The number of hydrogen-bond acceptors (Lipinski definition) is 3. The van der Waals surface area contributed by atoms with Crippen molar-refractivity contribution >= 4 is 48.4 Å². The largest absolute Gasteiger partial charge is 0.312 e. The molecule has 0 saturated carbocycles. The fourth-order valence-corrected chi connectivity index (χ4v) is 8.14. The SMILES string of the molecule is CC1(C)c2cc3ccccc3cc2-c2c(/C=C/C(NC(N)c3ccccc3)c3ccc4c(c3)sc3ccccc34)cccc21. The van der Waals surface area contributed by atoms with Crippen molar-refractivity contribution in [1.29, 1.82) is 0 Å². The highest BCUT2D eigenvalue weighted by Gasteiger charge is 2.36. The standard InChI is InChI=1S/C41H34N2S/c1-41(2)34-17-10-15-26(39(34)33-23-28-13-6-7-14-29(28)24-35(33)41)20-22-36(43-40(42)27-11-4-3-5-12-27)30-19-21-32-31-16-8-9-18-37(31)44-38(32)25-30/h3-25,36,40,43H,42H2,1-2H3/b22-20+. The first-order valence-corrected chi connectivity index (χ1v) is 16.1. The Labute approximate surface area is 262 Å². The van der Waals surface area contributed by atoms with Gasteiger partial charge in [0.2, 0.25) is 0 Å². The van der Waals surface area contributed by atoms with Crippen LogP contribution in [0.5, 0.6) is 0 Å². The summed E-state index contributed by atoms with van der Waals surface area (Å²) in [7, 11) is 0. The van der Waals surface area contributed by atoms with Gasteiger partial charge in [0, 0.05) is 25.6 Å². The maximum atomic E-state index is 6.78. The smallest absolute Gasteiger partial charge is 0.0817 e. The molecule has 0 spiro atoms. The zero-order valence-corrected chi connectivity index (χ0v) is 25.7. The van der Waals surface area contributed by atoms with E-state index in [2.05, 4.69) is 141 Å². The van der Waals surface area contributed by atoms with E-state index >= 15 is 0 Å². The second kappa shape index (κ2) is 10.6. The minimum atomic E-state index is -0.309. The molecule has 1 aromatic heterocycles. The van der Waals surface area contributed by atoms with E-state index in [0.717, 1.165) is 5.56 Å². The normalized spacial score (nSPS) is 15.2. The Morgan fingerprint density at radius 2 is 1.39 bits per heavy atom. The summed E-state index contributed by atoms with van der Waals surface area (Å²) in [6.07, 6.45) is 4.28. The van der Waals surface area contributed by atoms with Gasteiger partial charge in [0.25, 0.3) is 0 Å². The Morgan fingerprint density at radius 3 is 2.23 bits per heavy atom. The van der Waals surface area contributed by atoms with E-state index < -0.39 is 0 Å². The van der Waals surface area contributed by atoms with Crippen molar-refractivity contribution in [3.8, 4) is 11.1 Å². The fourth-order valence-electron chi connectivity index (χ4n) is 6.99. The van der Waals surface area contributed by atoms with Crippen LogP contribution in [-0.4, -0.2) is 0 Å². The van der Waals surface area contributed by atoms with Crippen molar-refractivity contribution in [1.82, 2.24) is 5.32 Å². The molecule has 1 aliphatic carbocycles. The molecule has 8 rings (SSSR count). The lowest BCUT2D eigenvalue weighted by atomic mass is 9.81. The molecular weight excluding hydrogens is 553 g/mol. The zero-order valence-electron chi connectivity index (χ0n) is 24.9. The van der Waals surface area contributed by atoms with E-state index in [1.54, 1.807) is 0 Å². The average Bonchev–Trinajstić information content (AvgIpc) is 3.54. The third kappa shape index (κ3) is 4.48. The molecule has 0 bridgehead atoms. The van der Waals surface area contributed by atoms with E-state index in [0.29, 0.717) is 0 Å². The molecule has 0 radical (unpaired) electrons. The second-order valence-corrected chi connectivity index (χ2v) is 13.5. The van der Waals surface area contributed by atoms with Gasteiger partial charge < -0.3 is 5.73 Å². The van der Waals surface area contributed by atoms with Crippen LogP contribution in [0.25, 0.3) is 48.1 Å². The number of rotatable bonds is 6. The number of fused-ring (bicyclic) bond motifs is 7. The van der Waals surface area contributed by atoms with Crippen LogP contribution in [0.15, 0.2) is 133 Å². The fraction of sp³-hybridized carbons (Fsp3) is 0.122. The van der Waals surface area contributed by atoms with Gasteiger partial charge in [0.1, 0.15) is 0 Å². The van der Waals surface area contributed by atoms with Crippen LogP contribution in [0.2, 0.25) is 0 Å². The van der Waals surface area contributed by atoms with E-state index in [1.165, 1.54) is 64.3 Å². The Morgan fingerprint density at radius 1 is 0.659 bits per heavy atom. The van der Waals surface area contributed by atoms with Crippen LogP contribution < -0.4 is 11.1 Å². The molecular formula is C41H34N2S. The van der Waals surface area contributed by atoms with Crippen molar-refractivity contribution in [2.75, 3.05) is 0 Å². The summed E-state index contributed by atoms with van der Waals surface area (Å²) >= 11 is 1.85. The molecule has 214 valence electrons. The lowest BCUT2D eigenvalue weighted by Gasteiger charge is -2.22. The molecule has 3 heteroatoms. The van der Waals surface area contributed by atoms with Crippen molar-refractivity contribution in [3.05, 3.63) is 161 Å². The molecule has 2 atom stereocenters. The Kier molecular flexibility index (Phi) is 6.50. The molecule has 44 heavy (non-hydrogen) atoms. The van der Waals surface area contributed by atoms with Gasteiger partial charge in [0.05, 0.1) is 12.2 Å². The number of thiophene rings is 1. The van der Waals surface area contributed by atoms with Crippen LogP contribution in [0.3, 0.4) is 0 Å². The highest BCUT2D eigenvalue weighted by molar-refractivity contribution is 7.25. The van der Waals surface area contributed by atoms with Gasteiger partial charge in [-0.25, -0.2) is 0 Å². The lowest BCUT2D eigenvalue weighted by Crippen LogP contribution is -2.31. The van der Waals surface area contributed by atoms with Crippen LogP contribution in [0.1, 0.15) is 53.9 Å². The van der Waals surface area contributed by atoms with E-state index in [4.69, 9.17) is 5.73 Å². The summed E-state index contributed by atoms with van der Waals surface area (Å²) < 4.78 is 2.61. The average molecular weight is 587 g/mol. The number of benzene rings is 6. The Hall–Kier alpha value is -4.54. The molecule has 0 amide bonds. The van der Waals surface area contributed by atoms with Crippen LogP contribution >= 0.6 is 11.3 Å². The summed E-state index contributed by atoms with van der Waals surface area (Å²) in [5.74, 6) is 0. The highest BCUT2D eigenvalue weighted by atomic mass is 32.1. The molecule has 0 saturated heterocycles. The van der Waals surface area contributed by atoms with Crippen LogP contribution in [0, 0.1) is 0 Å². The minimum Gasteiger partial charge on any atom is -0.312 e. The van der Waals surface area contributed by atoms with Gasteiger partial charge in [-0.3, -0.25) is 5.32 Å². The van der Waals surface area contributed by atoms with Gasteiger partial charge in [-0.2, -0.15) is 0 Å². The maximum absolute atomic E-state index is 6.78. The summed E-state index contributed by atoms with van der Waals surface area (Å²) in [5.41, 5.74) is 15.6. The predicted molar refractivity (Wildman–Crippen MR) is 189 cm³/mol. The molecule has 2 nitrogen and oxygen atoms in total. The monoisotopic (exact) mass is 586 g/mol. The van der Waals surface area contributed by atoms with Crippen LogP contribution in [-0.2, 0) is 5.41 Å². The highest BCUT2D eigenvalue weighted by Crippen LogP contribution is 2.51. The molecule has 1 heterocycles. The predicted octanol–water partition coefficient (Wildman–Crippen LogP) is 10.5. The molecule has 3 N–H and O–H groups in total. The van der Waals surface area contributed by atoms with Crippen molar-refractivity contribution in [3.63, 3.8) is 0 Å². The van der Waals surface area contributed by atoms with Crippen LogP contribution in [0.4, 0.5) is 0 Å². The number of hydrogen-bond donors (Lipinski definition) is 2. The van der Waals surface area contributed by atoms with E-state index in [9.17, 15) is 0 Å². The van der Waals surface area contributed by atoms with Gasteiger partial charge in [-0.15, -0.1) is 11.3 Å². The van der Waals surface area contributed by atoms with Gasteiger partial charge in [-0.05, 0) is 74.0 Å². The quantitative estimate of drug-likeness (QED) is 0.190. The first kappa shape index (κ1) is 27.0. The molecule has 2 unspecified atom stereocenters. The van der Waals surface area contributed by atoms with E-state index in [1.807, 2.05) is 29.5 Å². The molecule has 0 aliphatic heterocycles. The maximum Gasteiger partial charge on any atom is 0.0817 e. The van der Waals surface area contributed by atoms with Crippen molar-refractivity contribution in [2.45, 2.75) is 31.5 Å². The summed E-state index contributed by atoms with van der Waals surface area (Å²) in [6.45, 7) is 4.70. The first-order chi connectivity index (χ1) is 21.5. The third-order valence-electron chi connectivity index (χ3n) is 9.35. The van der Waals surface area contributed by atoms with Gasteiger partial charge in [0.15, 0.2) is 0 Å². The summed E-state index contributed by atoms with van der Waals surface area (Å²) in [4.78, 5) is 0. The Balaban J connectivity index is 1.24. The van der Waals surface area contributed by atoms with Gasteiger partial charge in [-0.1, -0.05) is 129 Å². The minimum absolute atomic E-state index is 0.0714. The number of nitrogens with one attached hydrogen (secondary N) is 1. The molecule has 1 aliphatic rings. The molecule has 7 aromatic rings. The molecule has 6 aromatic carbocycles. The number of nitrogens with two attached hydrogens (primary N) is 1. The topological polar surface area (TPSA) is 38.0 Å². The second-order valence-electron chi connectivity index (χ2n) is 12.4. The summed E-state index contributed by atoms with van der Waals surface area (Å²) in [6, 6.07) is 45.9. The van der Waals surface area contributed by atoms with Gasteiger partial charge >= 0.3 is 0 Å².